The molecule has 0 aliphatic carbocycles. The second-order valence-electron chi connectivity index (χ2n) is 17.6. The summed E-state index contributed by atoms with van der Waals surface area (Å²) in [6.07, 6.45) is 56.0. The Kier molecular flexibility index (Phi) is 46.0. The number of carbonyl (C=O) groups is 3. The molecule has 0 spiro atoms. The number of hydrogen-bond donors (Lipinski definition) is 3. The first kappa shape index (κ1) is 62.4. The van der Waals surface area contributed by atoms with Crippen molar-refractivity contribution in [2.45, 2.75) is 251 Å². The molecule has 4 N–H and O–H groups in total. The number of phosphoric ester groups is 1. The van der Waals surface area contributed by atoms with Crippen LogP contribution in [0.5, 0.6) is 0 Å². The molecular formula is C53H96NO10P. The van der Waals surface area contributed by atoms with E-state index in [-0.39, 0.29) is 19.4 Å². The normalized spacial score (nSPS) is 13.9. The van der Waals surface area contributed by atoms with Crippen molar-refractivity contribution >= 4 is 25.7 Å². The minimum atomic E-state index is -4.72. The maximum absolute atomic E-state index is 12.7. The van der Waals surface area contributed by atoms with Crippen LogP contribution < -0.4 is 5.73 Å². The van der Waals surface area contributed by atoms with E-state index in [0.717, 1.165) is 70.6 Å². The van der Waals surface area contributed by atoms with Crippen LogP contribution in [0.4, 0.5) is 0 Å². The van der Waals surface area contributed by atoms with Crippen LogP contribution >= 0.6 is 7.82 Å². The second kappa shape index (κ2) is 47.9. The van der Waals surface area contributed by atoms with E-state index in [2.05, 4.69) is 67.0 Å². The van der Waals surface area contributed by atoms with Crippen LogP contribution in [0.15, 0.2) is 48.6 Å². The van der Waals surface area contributed by atoms with E-state index in [1.807, 2.05) is 0 Å². The number of allylic oxidation sites excluding steroid dienone is 8. The summed E-state index contributed by atoms with van der Waals surface area (Å²) in [7, 11) is -4.72. The highest BCUT2D eigenvalue weighted by molar-refractivity contribution is 7.47. The monoisotopic (exact) mass is 938 g/mol. The van der Waals surface area contributed by atoms with Crippen LogP contribution in [0.3, 0.4) is 0 Å². The fraction of sp³-hybridized carbons (Fsp3) is 0.792. The topological polar surface area (TPSA) is 172 Å². The van der Waals surface area contributed by atoms with E-state index in [9.17, 15) is 23.8 Å². The number of unbranched alkanes of at least 4 members (excludes halogenated alkanes) is 27. The van der Waals surface area contributed by atoms with Crippen molar-refractivity contribution in [2.75, 3.05) is 19.8 Å². The Labute approximate surface area is 396 Å². The summed E-state index contributed by atoms with van der Waals surface area (Å²) in [5, 5.41) is 8.93. The summed E-state index contributed by atoms with van der Waals surface area (Å²) < 4.78 is 32.9. The van der Waals surface area contributed by atoms with Gasteiger partial charge in [0.25, 0.3) is 0 Å². The molecule has 0 saturated carbocycles. The summed E-state index contributed by atoms with van der Waals surface area (Å²) in [5.41, 5.74) is 5.36. The molecule has 0 fully saturated rings. The largest absolute Gasteiger partial charge is 0.480 e. The highest BCUT2D eigenvalue weighted by Crippen LogP contribution is 2.43. The van der Waals surface area contributed by atoms with Gasteiger partial charge in [0.05, 0.1) is 13.2 Å². The van der Waals surface area contributed by atoms with Crippen molar-refractivity contribution in [3.8, 4) is 0 Å². The maximum Gasteiger partial charge on any atom is 0.472 e. The van der Waals surface area contributed by atoms with Crippen LogP contribution in [-0.2, 0) is 37.5 Å². The molecule has 12 heteroatoms. The molecule has 0 radical (unpaired) electrons. The third-order valence-corrected chi connectivity index (χ3v) is 12.3. The Balaban J connectivity index is 4.22. The predicted octanol–water partition coefficient (Wildman–Crippen LogP) is 14.9. The number of carbonyl (C=O) groups excluding carboxylic acids is 2. The number of esters is 2. The Morgan fingerprint density at radius 1 is 0.492 bits per heavy atom. The molecule has 0 bridgehead atoms. The zero-order chi connectivity index (χ0) is 47.7. The van der Waals surface area contributed by atoms with Crippen molar-refractivity contribution in [1.82, 2.24) is 0 Å². The average Bonchev–Trinajstić information content (AvgIpc) is 3.28. The SMILES string of the molecule is CC/C=C\C/C=C\C/C=C\C/C=C\CCCCCCCCCCCCC(=O)OC(COC(=O)CCCCCCCCCCCCCCCCCCCC)COP(=O)(O)OCC(N)C(=O)O. The van der Waals surface area contributed by atoms with E-state index in [1.165, 1.54) is 128 Å². The molecule has 11 nitrogen and oxygen atoms in total. The van der Waals surface area contributed by atoms with Gasteiger partial charge >= 0.3 is 25.7 Å². The van der Waals surface area contributed by atoms with Gasteiger partial charge in [0, 0.05) is 12.8 Å². The van der Waals surface area contributed by atoms with E-state index < -0.39 is 51.1 Å². The fourth-order valence-corrected chi connectivity index (χ4v) is 8.07. The van der Waals surface area contributed by atoms with E-state index >= 15 is 0 Å². The molecule has 0 aliphatic heterocycles. The first-order chi connectivity index (χ1) is 31.6. The molecular weight excluding hydrogens is 842 g/mol. The molecule has 65 heavy (non-hydrogen) atoms. The third-order valence-electron chi connectivity index (χ3n) is 11.3. The number of rotatable bonds is 49. The van der Waals surface area contributed by atoms with Gasteiger partial charge in [0.1, 0.15) is 12.6 Å². The van der Waals surface area contributed by atoms with Crippen molar-refractivity contribution < 1.29 is 47.5 Å². The third kappa shape index (κ3) is 47.7. The number of carboxylic acid groups (broad SMARTS) is 1. The maximum atomic E-state index is 12.7. The van der Waals surface area contributed by atoms with Crippen LogP contribution in [0.25, 0.3) is 0 Å². The quantitative estimate of drug-likeness (QED) is 0.0229. The van der Waals surface area contributed by atoms with Crippen LogP contribution in [0.2, 0.25) is 0 Å². The summed E-state index contributed by atoms with van der Waals surface area (Å²) in [6.45, 7) is 2.73. The first-order valence-electron chi connectivity index (χ1n) is 26.2. The van der Waals surface area contributed by atoms with Gasteiger partial charge in [-0.2, -0.15) is 0 Å². The highest BCUT2D eigenvalue weighted by Gasteiger charge is 2.28. The number of nitrogens with two attached hydrogens (primary N) is 1. The molecule has 0 amide bonds. The van der Waals surface area contributed by atoms with Gasteiger partial charge in [-0.25, -0.2) is 4.57 Å². The molecule has 0 aromatic rings. The molecule has 0 aliphatic rings. The number of hydrogen-bond acceptors (Lipinski definition) is 9. The van der Waals surface area contributed by atoms with Crippen molar-refractivity contribution in [1.29, 1.82) is 0 Å². The lowest BCUT2D eigenvalue weighted by Gasteiger charge is -2.20. The molecule has 3 atom stereocenters. The van der Waals surface area contributed by atoms with Gasteiger partial charge in [0.15, 0.2) is 6.10 Å². The summed E-state index contributed by atoms with van der Waals surface area (Å²) in [5.74, 6) is -2.37. The van der Waals surface area contributed by atoms with E-state index in [1.54, 1.807) is 0 Å². The summed E-state index contributed by atoms with van der Waals surface area (Å²) >= 11 is 0. The molecule has 378 valence electrons. The predicted molar refractivity (Wildman–Crippen MR) is 268 cm³/mol. The standard InChI is InChI=1S/C53H96NO10P/c1-3-5-7-9-11-13-15-17-19-21-23-24-25-26-27-29-31-33-35-37-39-41-43-45-52(56)64-49(47-62-65(59,60)63-48-50(54)53(57)58)46-61-51(55)44-42-40-38-36-34-32-30-28-22-20-18-16-14-12-10-8-6-4-2/h5,7,11,13,17,19,23-24,49-50H,3-4,6,8-10,12,14-16,18,20-22,25-48,54H2,1-2H3,(H,57,58)(H,59,60)/b7-5-,13-11-,19-17-,24-23-. The Hall–Kier alpha value is -2.56. The molecule has 0 rings (SSSR count). The Bertz CT molecular complexity index is 1280. The number of ether oxygens (including phenoxy) is 2. The van der Waals surface area contributed by atoms with Crippen molar-refractivity contribution in [3.05, 3.63) is 48.6 Å². The minimum Gasteiger partial charge on any atom is -0.480 e. The second-order valence-corrected chi connectivity index (χ2v) is 19.1. The van der Waals surface area contributed by atoms with Gasteiger partial charge in [-0.1, -0.05) is 223 Å². The van der Waals surface area contributed by atoms with Gasteiger partial charge in [-0.15, -0.1) is 0 Å². The fourth-order valence-electron chi connectivity index (χ4n) is 7.29. The van der Waals surface area contributed by atoms with Gasteiger partial charge in [-0.3, -0.25) is 23.4 Å². The van der Waals surface area contributed by atoms with Crippen LogP contribution in [0, 0.1) is 0 Å². The Morgan fingerprint density at radius 2 is 0.862 bits per heavy atom. The van der Waals surface area contributed by atoms with Crippen LogP contribution in [-0.4, -0.2) is 59.9 Å². The van der Waals surface area contributed by atoms with Gasteiger partial charge in [0.2, 0.25) is 0 Å². The molecule has 0 saturated heterocycles. The lowest BCUT2D eigenvalue weighted by molar-refractivity contribution is -0.161. The summed E-state index contributed by atoms with van der Waals surface area (Å²) in [4.78, 5) is 46.2. The number of aliphatic carboxylic acids is 1. The Morgan fingerprint density at radius 3 is 1.29 bits per heavy atom. The smallest absolute Gasteiger partial charge is 0.472 e. The lowest BCUT2D eigenvalue weighted by atomic mass is 10.0. The van der Waals surface area contributed by atoms with E-state index in [4.69, 9.17) is 24.8 Å². The minimum absolute atomic E-state index is 0.157. The zero-order valence-electron chi connectivity index (χ0n) is 41.3. The molecule has 0 aromatic heterocycles. The van der Waals surface area contributed by atoms with E-state index in [0.29, 0.717) is 12.8 Å². The van der Waals surface area contributed by atoms with Crippen LogP contribution in [0.1, 0.15) is 239 Å². The average molecular weight is 938 g/mol. The number of carboxylic acids is 1. The zero-order valence-corrected chi connectivity index (χ0v) is 42.2. The van der Waals surface area contributed by atoms with Crippen molar-refractivity contribution in [2.24, 2.45) is 5.73 Å². The first-order valence-corrected chi connectivity index (χ1v) is 27.7. The van der Waals surface area contributed by atoms with Crippen molar-refractivity contribution in [3.63, 3.8) is 0 Å². The van der Waals surface area contributed by atoms with Gasteiger partial charge < -0.3 is 25.2 Å². The highest BCUT2D eigenvalue weighted by atomic mass is 31.2. The van der Waals surface area contributed by atoms with Gasteiger partial charge in [-0.05, 0) is 51.4 Å². The number of phosphoric acid groups is 1. The lowest BCUT2D eigenvalue weighted by Crippen LogP contribution is -2.34. The molecule has 0 aromatic carbocycles. The summed E-state index contributed by atoms with van der Waals surface area (Å²) in [6, 6.07) is -1.52. The molecule has 0 heterocycles. The molecule has 3 unspecified atom stereocenters.